The molecule has 158 valence electrons. The van der Waals surface area contributed by atoms with Crippen molar-refractivity contribution < 1.29 is 33.3 Å². The Morgan fingerprint density at radius 2 is 1.97 bits per heavy atom. The molecule has 8 nitrogen and oxygen atoms in total. The van der Waals surface area contributed by atoms with Crippen LogP contribution in [0.2, 0.25) is 0 Å². The Labute approximate surface area is 173 Å². The molecular weight excluding hydrogens is 390 g/mol. The highest BCUT2D eigenvalue weighted by Gasteiger charge is 2.23. The number of carbonyl (C=O) groups is 2. The topological polar surface area (TPSA) is 107 Å². The van der Waals surface area contributed by atoms with E-state index in [9.17, 15) is 14.7 Å². The van der Waals surface area contributed by atoms with E-state index in [1.165, 1.54) is 6.07 Å². The van der Waals surface area contributed by atoms with Crippen molar-refractivity contribution in [2.45, 2.75) is 19.6 Å². The van der Waals surface area contributed by atoms with Crippen LogP contribution in [-0.4, -0.2) is 43.3 Å². The average molecular weight is 413 g/mol. The summed E-state index contributed by atoms with van der Waals surface area (Å²) in [6.07, 6.45) is 0. The van der Waals surface area contributed by atoms with Gasteiger partial charge in [0.2, 0.25) is 0 Å². The number of fused-ring (bicyclic) bond motifs is 1. The Hall–Kier alpha value is -3.52. The van der Waals surface area contributed by atoms with E-state index in [1.807, 2.05) is 31.2 Å². The summed E-state index contributed by atoms with van der Waals surface area (Å²) in [5.74, 6) is -0.499. The lowest BCUT2D eigenvalue weighted by Gasteiger charge is -2.14. The first-order chi connectivity index (χ1) is 14.5. The molecule has 3 aromatic rings. The first-order valence-electron chi connectivity index (χ1n) is 9.41. The molecule has 2 N–H and O–H groups in total. The van der Waals surface area contributed by atoms with Crippen LogP contribution in [0.5, 0.6) is 11.5 Å². The number of aliphatic carboxylic acids is 1. The quantitative estimate of drug-likeness (QED) is 0.525. The lowest BCUT2D eigenvalue weighted by Crippen LogP contribution is -2.43. The van der Waals surface area contributed by atoms with Gasteiger partial charge in [-0.2, -0.15) is 0 Å². The van der Waals surface area contributed by atoms with Gasteiger partial charge in [-0.1, -0.05) is 12.1 Å². The number of amides is 1. The molecule has 1 amide bonds. The van der Waals surface area contributed by atoms with E-state index >= 15 is 0 Å². The first-order valence-corrected chi connectivity index (χ1v) is 9.41. The maximum atomic E-state index is 12.5. The minimum atomic E-state index is -1.23. The van der Waals surface area contributed by atoms with Crippen molar-refractivity contribution in [3.63, 3.8) is 0 Å². The van der Waals surface area contributed by atoms with Gasteiger partial charge in [0.15, 0.2) is 11.8 Å². The third-order valence-electron chi connectivity index (χ3n) is 4.31. The van der Waals surface area contributed by atoms with Gasteiger partial charge in [-0.15, -0.1) is 0 Å². The molecule has 0 bridgehead atoms. The highest BCUT2D eigenvalue weighted by atomic mass is 16.5. The molecule has 30 heavy (non-hydrogen) atoms. The number of hydrogen-bond acceptors (Lipinski definition) is 6. The molecule has 1 unspecified atom stereocenters. The number of furan rings is 1. The number of carboxylic acid groups (broad SMARTS) is 1. The van der Waals surface area contributed by atoms with Crippen LogP contribution in [0.3, 0.4) is 0 Å². The predicted molar refractivity (Wildman–Crippen MR) is 109 cm³/mol. The zero-order valence-corrected chi connectivity index (χ0v) is 16.7. The van der Waals surface area contributed by atoms with Crippen molar-refractivity contribution >= 4 is 22.8 Å². The first kappa shape index (κ1) is 21.2. The van der Waals surface area contributed by atoms with Gasteiger partial charge >= 0.3 is 5.97 Å². The normalized spacial score (nSPS) is 11.8. The summed E-state index contributed by atoms with van der Waals surface area (Å²) >= 11 is 0. The van der Waals surface area contributed by atoms with E-state index in [-0.39, 0.29) is 19.0 Å². The zero-order valence-electron chi connectivity index (χ0n) is 16.7. The van der Waals surface area contributed by atoms with Gasteiger partial charge < -0.3 is 29.1 Å². The molecule has 0 aliphatic carbocycles. The summed E-state index contributed by atoms with van der Waals surface area (Å²) in [4.78, 5) is 24.0. The summed E-state index contributed by atoms with van der Waals surface area (Å²) in [7, 11) is 1.54. The second-order valence-electron chi connectivity index (χ2n) is 6.47. The predicted octanol–water partition coefficient (Wildman–Crippen LogP) is 3.24. The van der Waals surface area contributed by atoms with Gasteiger partial charge in [0, 0.05) is 5.39 Å². The fourth-order valence-electron chi connectivity index (χ4n) is 2.85. The number of ether oxygens (including phenoxy) is 3. The van der Waals surface area contributed by atoms with Gasteiger partial charge in [-0.25, -0.2) is 4.79 Å². The zero-order chi connectivity index (χ0) is 21.5. The van der Waals surface area contributed by atoms with Crippen LogP contribution in [0.25, 0.3) is 11.0 Å². The molecule has 1 heterocycles. The van der Waals surface area contributed by atoms with E-state index < -0.39 is 17.9 Å². The van der Waals surface area contributed by atoms with Crippen molar-refractivity contribution in [3.05, 3.63) is 59.9 Å². The SMILES string of the molecule is CCOc1cccc(COCC(NC(=O)c2cc3cc(OC)ccc3o2)C(=O)O)c1. The van der Waals surface area contributed by atoms with Crippen LogP contribution in [-0.2, 0) is 16.1 Å². The molecule has 0 spiro atoms. The van der Waals surface area contributed by atoms with Crippen molar-refractivity contribution in [2.75, 3.05) is 20.3 Å². The van der Waals surface area contributed by atoms with Gasteiger partial charge in [-0.3, -0.25) is 4.79 Å². The summed E-state index contributed by atoms with van der Waals surface area (Å²) < 4.78 is 21.6. The van der Waals surface area contributed by atoms with Crippen molar-refractivity contribution in [3.8, 4) is 11.5 Å². The maximum absolute atomic E-state index is 12.5. The lowest BCUT2D eigenvalue weighted by molar-refractivity contribution is -0.141. The minimum Gasteiger partial charge on any atom is -0.497 e. The Morgan fingerprint density at radius 1 is 1.13 bits per heavy atom. The van der Waals surface area contributed by atoms with Crippen molar-refractivity contribution in [1.29, 1.82) is 0 Å². The Morgan fingerprint density at radius 3 is 2.70 bits per heavy atom. The largest absolute Gasteiger partial charge is 0.497 e. The molecule has 0 fully saturated rings. The molecule has 3 rings (SSSR count). The summed E-state index contributed by atoms with van der Waals surface area (Å²) in [5.41, 5.74) is 1.33. The van der Waals surface area contributed by atoms with Crippen molar-refractivity contribution in [2.24, 2.45) is 0 Å². The molecule has 0 aliphatic rings. The lowest BCUT2D eigenvalue weighted by atomic mass is 10.2. The van der Waals surface area contributed by atoms with Gasteiger partial charge in [0.1, 0.15) is 17.1 Å². The van der Waals surface area contributed by atoms with Gasteiger partial charge in [-0.05, 0) is 48.9 Å². The van der Waals surface area contributed by atoms with Crippen LogP contribution in [0, 0.1) is 0 Å². The number of hydrogen-bond donors (Lipinski definition) is 2. The molecule has 8 heteroatoms. The second-order valence-corrected chi connectivity index (χ2v) is 6.47. The van der Waals surface area contributed by atoms with E-state index in [0.717, 1.165) is 5.56 Å². The Balaban J connectivity index is 1.60. The average Bonchev–Trinajstić information content (AvgIpc) is 3.17. The van der Waals surface area contributed by atoms with Crippen LogP contribution in [0.4, 0.5) is 0 Å². The van der Waals surface area contributed by atoms with E-state index in [0.29, 0.717) is 29.1 Å². The van der Waals surface area contributed by atoms with E-state index in [1.54, 1.807) is 25.3 Å². The van der Waals surface area contributed by atoms with Crippen LogP contribution >= 0.6 is 0 Å². The number of benzene rings is 2. The number of carboxylic acids is 1. The monoisotopic (exact) mass is 413 g/mol. The highest BCUT2D eigenvalue weighted by molar-refractivity contribution is 5.98. The third-order valence-corrected chi connectivity index (χ3v) is 4.31. The summed E-state index contributed by atoms with van der Waals surface area (Å²) in [6.45, 7) is 2.42. The molecule has 1 atom stereocenters. The number of carbonyl (C=O) groups excluding carboxylic acids is 1. The number of rotatable bonds is 10. The standard InChI is InChI=1S/C22H23NO7/c1-3-29-17-6-4-5-14(9-17)12-28-13-18(22(25)26)23-21(24)20-11-15-10-16(27-2)7-8-19(15)30-20/h4-11,18H,3,12-13H2,1-2H3,(H,23,24)(H,25,26). The molecule has 1 aromatic heterocycles. The molecular formula is C22H23NO7. The van der Waals surface area contributed by atoms with E-state index in [4.69, 9.17) is 18.6 Å². The molecule has 0 radical (unpaired) electrons. The fourth-order valence-corrected chi connectivity index (χ4v) is 2.85. The Bertz CT molecular complexity index is 1030. The van der Waals surface area contributed by atoms with Crippen LogP contribution < -0.4 is 14.8 Å². The summed E-state index contributed by atoms with van der Waals surface area (Å²) in [5, 5.41) is 12.5. The maximum Gasteiger partial charge on any atom is 0.328 e. The Kier molecular flexibility index (Phi) is 6.92. The van der Waals surface area contributed by atoms with Gasteiger partial charge in [0.25, 0.3) is 5.91 Å². The molecule has 2 aromatic carbocycles. The number of methoxy groups -OCH3 is 1. The minimum absolute atomic E-state index is 0.00826. The molecule has 0 saturated heterocycles. The van der Waals surface area contributed by atoms with Crippen LogP contribution in [0.15, 0.2) is 52.9 Å². The number of nitrogens with one attached hydrogen (secondary N) is 1. The van der Waals surface area contributed by atoms with Gasteiger partial charge in [0.05, 0.1) is 26.9 Å². The fraction of sp³-hybridized carbons (Fsp3) is 0.273. The molecule has 0 aliphatic heterocycles. The highest BCUT2D eigenvalue weighted by Crippen LogP contribution is 2.24. The van der Waals surface area contributed by atoms with Crippen LogP contribution in [0.1, 0.15) is 23.0 Å². The van der Waals surface area contributed by atoms with Crippen molar-refractivity contribution in [1.82, 2.24) is 5.32 Å². The van der Waals surface area contributed by atoms with E-state index in [2.05, 4.69) is 5.32 Å². The third kappa shape index (κ3) is 5.30. The smallest absolute Gasteiger partial charge is 0.328 e. The molecule has 0 saturated carbocycles. The summed E-state index contributed by atoms with van der Waals surface area (Å²) in [6, 6.07) is 12.7. The second kappa shape index (κ2) is 9.80.